The first-order valence-corrected chi connectivity index (χ1v) is 11.5. The van der Waals surface area contributed by atoms with Crippen LogP contribution < -0.4 is 4.90 Å². The van der Waals surface area contributed by atoms with E-state index in [4.69, 9.17) is 0 Å². The molecule has 2 fully saturated rings. The molecule has 1 N–H and O–H groups in total. The van der Waals surface area contributed by atoms with Gasteiger partial charge in [0.15, 0.2) is 11.5 Å². The van der Waals surface area contributed by atoms with Crippen molar-refractivity contribution >= 4 is 28.3 Å². The van der Waals surface area contributed by atoms with E-state index in [1.54, 1.807) is 12.1 Å². The van der Waals surface area contributed by atoms with Gasteiger partial charge < -0.3 is 14.8 Å². The molecule has 0 spiro atoms. The number of anilines is 1. The minimum absolute atomic E-state index is 0.0525. The van der Waals surface area contributed by atoms with E-state index in [0.717, 1.165) is 74.1 Å². The first-order valence-electron chi connectivity index (χ1n) is 11.5. The number of tetrazole rings is 1. The minimum atomic E-state index is -0.213. The molecule has 33 heavy (non-hydrogen) atoms. The Bertz CT molecular complexity index is 1300. The summed E-state index contributed by atoms with van der Waals surface area (Å²) < 4.78 is 15.2. The number of aromatic amines is 1. The second kappa shape index (κ2) is 8.09. The van der Waals surface area contributed by atoms with Crippen LogP contribution >= 0.6 is 0 Å². The summed E-state index contributed by atoms with van der Waals surface area (Å²) in [6, 6.07) is 8.66. The molecule has 1 aromatic carbocycles. The lowest BCUT2D eigenvalue weighted by Crippen LogP contribution is -2.45. The maximum atomic E-state index is 13.7. The second-order valence-corrected chi connectivity index (χ2v) is 9.01. The Morgan fingerprint density at radius 2 is 1.85 bits per heavy atom. The number of halogens is 1. The molecule has 2 aliphatic rings. The van der Waals surface area contributed by atoms with Crippen LogP contribution in [0.5, 0.6) is 0 Å². The van der Waals surface area contributed by atoms with Crippen molar-refractivity contribution < 1.29 is 9.18 Å². The Kier molecular flexibility index (Phi) is 4.92. The van der Waals surface area contributed by atoms with Crippen LogP contribution in [0.15, 0.2) is 36.5 Å². The van der Waals surface area contributed by atoms with E-state index in [-0.39, 0.29) is 17.6 Å². The first kappa shape index (κ1) is 20.1. The number of benzene rings is 1. The smallest absolute Gasteiger partial charge is 0.225 e. The maximum Gasteiger partial charge on any atom is 0.225 e. The van der Waals surface area contributed by atoms with Crippen LogP contribution in [0.1, 0.15) is 37.2 Å². The predicted octanol–water partition coefficient (Wildman–Crippen LogP) is 2.76. The Morgan fingerprint density at radius 3 is 2.67 bits per heavy atom. The Morgan fingerprint density at radius 1 is 1.03 bits per heavy atom. The summed E-state index contributed by atoms with van der Waals surface area (Å²) in [5.74, 6) is 1.28. The van der Waals surface area contributed by atoms with E-state index >= 15 is 0 Å². The third-order valence-electron chi connectivity index (χ3n) is 7.15. The molecule has 0 atom stereocenters. The number of amides is 1. The lowest BCUT2D eigenvalue weighted by atomic mass is 9.88. The van der Waals surface area contributed by atoms with E-state index in [9.17, 15) is 9.18 Å². The SMILES string of the molecule is O=C(C1CCN(c2ccc3nnnn3n2)CC1)N1CCC(c2c[nH]c3ccc(F)cc23)CC1. The number of likely N-dealkylation sites (tertiary alicyclic amines) is 1. The molecule has 0 saturated carbocycles. The van der Waals surface area contributed by atoms with Crippen LogP contribution in [-0.4, -0.2) is 67.2 Å². The van der Waals surface area contributed by atoms with Crippen molar-refractivity contribution in [3.8, 4) is 0 Å². The third-order valence-corrected chi connectivity index (χ3v) is 7.15. The Balaban J connectivity index is 1.06. The molecule has 6 rings (SSSR count). The number of fused-ring (bicyclic) bond motifs is 2. The minimum Gasteiger partial charge on any atom is -0.361 e. The molecule has 0 unspecified atom stereocenters. The molecule has 4 aromatic rings. The largest absolute Gasteiger partial charge is 0.361 e. The van der Waals surface area contributed by atoms with Gasteiger partial charge in [0.1, 0.15) is 5.82 Å². The number of H-pyrrole nitrogens is 1. The van der Waals surface area contributed by atoms with Crippen molar-refractivity contribution in [3.63, 3.8) is 0 Å². The van der Waals surface area contributed by atoms with Gasteiger partial charge in [0.2, 0.25) is 5.91 Å². The third kappa shape index (κ3) is 3.69. The zero-order valence-electron chi connectivity index (χ0n) is 18.2. The van der Waals surface area contributed by atoms with Gasteiger partial charge in [0, 0.05) is 49.2 Å². The van der Waals surface area contributed by atoms with E-state index in [1.165, 1.54) is 10.7 Å². The van der Waals surface area contributed by atoms with Crippen LogP contribution in [0.3, 0.4) is 0 Å². The average molecular weight is 449 g/mol. The second-order valence-electron chi connectivity index (χ2n) is 9.01. The van der Waals surface area contributed by atoms with Crippen LogP contribution in [0.25, 0.3) is 16.6 Å². The van der Waals surface area contributed by atoms with Crippen molar-refractivity contribution in [2.24, 2.45) is 5.92 Å². The Hall–Kier alpha value is -3.56. The number of nitrogens with one attached hydrogen (secondary N) is 1. The van der Waals surface area contributed by atoms with Crippen LogP contribution in [0, 0.1) is 11.7 Å². The lowest BCUT2D eigenvalue weighted by molar-refractivity contribution is -0.137. The Labute approximate surface area is 189 Å². The van der Waals surface area contributed by atoms with E-state index < -0.39 is 0 Å². The standard InChI is InChI=1S/C23H25FN8O/c24-17-1-2-20-18(13-17)19(14-25-20)15-5-11-31(12-6-15)23(33)16-7-9-30(10-8-16)22-4-3-21-26-28-29-32(21)27-22/h1-4,13-16,25H,5-12H2. The molecule has 0 bridgehead atoms. The van der Waals surface area contributed by atoms with Gasteiger partial charge >= 0.3 is 0 Å². The highest BCUT2D eigenvalue weighted by molar-refractivity contribution is 5.84. The summed E-state index contributed by atoms with van der Waals surface area (Å²) in [6.07, 6.45) is 5.45. The van der Waals surface area contributed by atoms with Gasteiger partial charge in [-0.25, -0.2) is 4.39 Å². The van der Waals surface area contributed by atoms with Crippen LogP contribution in [0.2, 0.25) is 0 Å². The molecule has 2 saturated heterocycles. The fourth-order valence-electron chi connectivity index (χ4n) is 5.29. The van der Waals surface area contributed by atoms with Gasteiger partial charge in [-0.3, -0.25) is 4.79 Å². The molecule has 2 aliphatic heterocycles. The number of hydrogen-bond acceptors (Lipinski definition) is 6. The monoisotopic (exact) mass is 448 g/mol. The molecular formula is C23H25FN8O. The highest BCUT2D eigenvalue weighted by Gasteiger charge is 2.32. The molecule has 10 heteroatoms. The predicted molar refractivity (Wildman–Crippen MR) is 120 cm³/mol. The number of carbonyl (C=O) groups is 1. The van der Waals surface area contributed by atoms with E-state index in [2.05, 4.69) is 30.5 Å². The van der Waals surface area contributed by atoms with Gasteiger partial charge in [-0.1, -0.05) is 0 Å². The molecular weight excluding hydrogens is 423 g/mol. The quantitative estimate of drug-likeness (QED) is 0.518. The number of piperidine rings is 2. The van der Waals surface area contributed by atoms with Crippen molar-refractivity contribution in [1.29, 1.82) is 0 Å². The maximum absolute atomic E-state index is 13.7. The molecule has 9 nitrogen and oxygen atoms in total. The summed E-state index contributed by atoms with van der Waals surface area (Å²) in [5, 5.41) is 16.8. The fourth-order valence-corrected chi connectivity index (χ4v) is 5.29. The van der Waals surface area contributed by atoms with Gasteiger partial charge in [-0.15, -0.1) is 14.8 Å². The molecule has 1 amide bonds. The van der Waals surface area contributed by atoms with E-state index in [1.807, 2.05) is 23.2 Å². The van der Waals surface area contributed by atoms with Crippen molar-refractivity contribution in [1.82, 2.24) is 35.1 Å². The molecule has 5 heterocycles. The van der Waals surface area contributed by atoms with Gasteiger partial charge in [0.05, 0.1) is 0 Å². The number of hydrogen-bond donors (Lipinski definition) is 1. The molecule has 0 radical (unpaired) electrons. The van der Waals surface area contributed by atoms with Crippen LogP contribution in [0.4, 0.5) is 10.2 Å². The summed E-state index contributed by atoms with van der Waals surface area (Å²) in [4.78, 5) is 20.7. The van der Waals surface area contributed by atoms with Crippen molar-refractivity contribution in [3.05, 3.63) is 47.9 Å². The van der Waals surface area contributed by atoms with Crippen molar-refractivity contribution in [2.45, 2.75) is 31.6 Å². The summed E-state index contributed by atoms with van der Waals surface area (Å²) >= 11 is 0. The average Bonchev–Trinajstić information content (AvgIpc) is 3.50. The summed E-state index contributed by atoms with van der Waals surface area (Å²) in [7, 11) is 0. The molecule has 3 aromatic heterocycles. The number of carbonyl (C=O) groups excluding carboxylic acids is 1. The van der Waals surface area contributed by atoms with Gasteiger partial charge in [0.25, 0.3) is 0 Å². The van der Waals surface area contributed by atoms with Gasteiger partial charge in [-0.2, -0.15) is 0 Å². The summed E-state index contributed by atoms with van der Waals surface area (Å²) in [5.41, 5.74) is 2.74. The highest BCUT2D eigenvalue weighted by atomic mass is 19.1. The van der Waals surface area contributed by atoms with Crippen LogP contribution in [-0.2, 0) is 4.79 Å². The molecule has 0 aliphatic carbocycles. The summed E-state index contributed by atoms with van der Waals surface area (Å²) in [6.45, 7) is 3.08. The number of nitrogens with zero attached hydrogens (tertiary/aromatic N) is 7. The zero-order valence-corrected chi connectivity index (χ0v) is 18.2. The lowest BCUT2D eigenvalue weighted by Gasteiger charge is -2.37. The van der Waals surface area contributed by atoms with E-state index in [0.29, 0.717) is 11.6 Å². The first-order chi connectivity index (χ1) is 16.2. The van der Waals surface area contributed by atoms with Crippen molar-refractivity contribution in [2.75, 3.05) is 31.1 Å². The topological polar surface area (TPSA) is 95.3 Å². The normalized spacial score (nSPS) is 18.5. The fraction of sp³-hybridized carbons (Fsp3) is 0.435. The molecule has 170 valence electrons. The van der Waals surface area contributed by atoms with Gasteiger partial charge in [-0.05, 0) is 77.9 Å². The zero-order chi connectivity index (χ0) is 22.4. The highest BCUT2D eigenvalue weighted by Crippen LogP contribution is 2.34. The number of aromatic nitrogens is 6. The number of rotatable bonds is 3.